The predicted molar refractivity (Wildman–Crippen MR) is 105 cm³/mol. The number of rotatable bonds is 6. The number of anilines is 1. The van der Waals surface area contributed by atoms with Crippen molar-refractivity contribution < 1.29 is 14.3 Å². The molecule has 136 valence electrons. The summed E-state index contributed by atoms with van der Waals surface area (Å²) in [7, 11) is 1.64. The summed E-state index contributed by atoms with van der Waals surface area (Å²) in [5, 5.41) is 2.82. The lowest BCUT2D eigenvalue weighted by Gasteiger charge is -2.24. The van der Waals surface area contributed by atoms with Gasteiger partial charge < -0.3 is 14.8 Å². The van der Waals surface area contributed by atoms with Gasteiger partial charge in [-0.1, -0.05) is 30.7 Å². The molecular weight excluding hydrogens is 326 g/mol. The zero-order valence-electron chi connectivity index (χ0n) is 15.1. The van der Waals surface area contributed by atoms with Gasteiger partial charge in [-0.05, 0) is 61.6 Å². The summed E-state index contributed by atoms with van der Waals surface area (Å²) in [5.74, 6) is 1.30. The molecule has 2 aromatic carbocycles. The van der Waals surface area contributed by atoms with Gasteiger partial charge in [0.25, 0.3) is 0 Å². The summed E-state index contributed by atoms with van der Waals surface area (Å²) < 4.78 is 11.6. The topological polar surface area (TPSA) is 47.6 Å². The molecule has 1 fully saturated rings. The molecule has 0 bridgehead atoms. The van der Waals surface area contributed by atoms with Gasteiger partial charge in [-0.3, -0.25) is 4.79 Å². The van der Waals surface area contributed by atoms with Crippen LogP contribution in [0, 0.1) is 0 Å². The predicted octanol–water partition coefficient (Wildman–Crippen LogP) is 5.06. The lowest BCUT2D eigenvalue weighted by Crippen LogP contribution is -2.19. The fourth-order valence-electron chi connectivity index (χ4n) is 3.13. The van der Waals surface area contributed by atoms with Crippen molar-refractivity contribution in [2.75, 3.05) is 12.4 Å². The maximum Gasteiger partial charge on any atom is 0.248 e. The van der Waals surface area contributed by atoms with Crippen molar-refractivity contribution in [3.8, 4) is 11.5 Å². The SMILES string of the molecule is COc1cc(/C=C/C(=O)Nc2ccccc2)ccc1OC1CCCCC1. The molecule has 0 aromatic heterocycles. The van der Waals surface area contributed by atoms with Crippen LogP contribution < -0.4 is 14.8 Å². The van der Waals surface area contributed by atoms with Crippen LogP contribution in [0.25, 0.3) is 6.08 Å². The molecule has 0 saturated heterocycles. The summed E-state index contributed by atoms with van der Waals surface area (Å²) in [6, 6.07) is 15.1. The number of amides is 1. The first kappa shape index (κ1) is 18.1. The first-order valence-electron chi connectivity index (χ1n) is 9.13. The number of methoxy groups -OCH3 is 1. The Bertz CT molecular complexity index is 749. The van der Waals surface area contributed by atoms with E-state index < -0.39 is 0 Å². The molecule has 2 aromatic rings. The molecule has 0 spiro atoms. The Labute approximate surface area is 154 Å². The van der Waals surface area contributed by atoms with E-state index in [9.17, 15) is 4.79 Å². The number of hydrogen-bond donors (Lipinski definition) is 1. The first-order valence-corrected chi connectivity index (χ1v) is 9.13. The summed E-state index contributed by atoms with van der Waals surface area (Å²) in [4.78, 5) is 12.0. The van der Waals surface area contributed by atoms with E-state index >= 15 is 0 Å². The van der Waals surface area contributed by atoms with E-state index in [4.69, 9.17) is 9.47 Å². The van der Waals surface area contributed by atoms with E-state index in [0.717, 1.165) is 29.8 Å². The highest BCUT2D eigenvalue weighted by atomic mass is 16.5. The second-order valence-corrected chi connectivity index (χ2v) is 6.48. The highest BCUT2D eigenvalue weighted by Crippen LogP contribution is 2.32. The van der Waals surface area contributed by atoms with Gasteiger partial charge in [-0.2, -0.15) is 0 Å². The maximum absolute atomic E-state index is 12.0. The molecule has 0 aliphatic heterocycles. The Hall–Kier alpha value is -2.75. The molecule has 1 aliphatic carbocycles. The minimum atomic E-state index is -0.169. The molecule has 4 nitrogen and oxygen atoms in total. The third-order valence-electron chi connectivity index (χ3n) is 4.50. The van der Waals surface area contributed by atoms with Crippen LogP contribution in [0.2, 0.25) is 0 Å². The normalized spacial score (nSPS) is 15.0. The molecule has 3 rings (SSSR count). The van der Waals surface area contributed by atoms with E-state index in [1.54, 1.807) is 13.2 Å². The highest BCUT2D eigenvalue weighted by molar-refractivity contribution is 6.01. The van der Waals surface area contributed by atoms with Crippen LogP contribution in [0.4, 0.5) is 5.69 Å². The second kappa shape index (κ2) is 9.09. The van der Waals surface area contributed by atoms with Crippen LogP contribution >= 0.6 is 0 Å². The van der Waals surface area contributed by atoms with Crippen LogP contribution in [0.3, 0.4) is 0 Å². The largest absolute Gasteiger partial charge is 0.493 e. The van der Waals surface area contributed by atoms with Gasteiger partial charge in [0.1, 0.15) is 0 Å². The van der Waals surface area contributed by atoms with Crippen molar-refractivity contribution in [3.05, 3.63) is 60.2 Å². The van der Waals surface area contributed by atoms with Crippen LogP contribution in [-0.4, -0.2) is 19.1 Å². The Balaban J connectivity index is 1.63. The number of ether oxygens (including phenoxy) is 2. The third kappa shape index (κ3) is 5.12. The van der Waals surface area contributed by atoms with Gasteiger partial charge in [-0.15, -0.1) is 0 Å². The van der Waals surface area contributed by atoms with Crippen LogP contribution in [0.5, 0.6) is 11.5 Å². The summed E-state index contributed by atoms with van der Waals surface area (Å²) >= 11 is 0. The van der Waals surface area contributed by atoms with E-state index in [0.29, 0.717) is 5.75 Å². The van der Waals surface area contributed by atoms with E-state index in [1.807, 2.05) is 48.5 Å². The smallest absolute Gasteiger partial charge is 0.248 e. The molecule has 0 radical (unpaired) electrons. The Morgan fingerprint density at radius 1 is 1.04 bits per heavy atom. The fraction of sp³-hybridized carbons (Fsp3) is 0.318. The summed E-state index contributed by atoms with van der Waals surface area (Å²) in [5.41, 5.74) is 1.66. The van der Waals surface area contributed by atoms with Crippen LogP contribution in [0.1, 0.15) is 37.7 Å². The molecule has 4 heteroatoms. The number of carbonyl (C=O) groups is 1. The molecule has 0 atom stereocenters. The van der Waals surface area contributed by atoms with Gasteiger partial charge in [0.15, 0.2) is 11.5 Å². The lowest BCUT2D eigenvalue weighted by atomic mass is 9.98. The number of nitrogens with one attached hydrogen (secondary N) is 1. The zero-order valence-corrected chi connectivity index (χ0v) is 15.1. The summed E-state index contributed by atoms with van der Waals surface area (Å²) in [6.45, 7) is 0. The van der Waals surface area contributed by atoms with Crippen LogP contribution in [-0.2, 0) is 4.79 Å². The standard InChI is InChI=1S/C22H25NO3/c1-25-21-16-17(12-14-20(21)26-19-10-6-3-7-11-19)13-15-22(24)23-18-8-4-2-5-9-18/h2,4-5,8-9,12-16,19H,3,6-7,10-11H2,1H3,(H,23,24)/b15-13+. The van der Waals surface area contributed by atoms with Crippen molar-refractivity contribution in [1.29, 1.82) is 0 Å². The van der Waals surface area contributed by atoms with Gasteiger partial charge >= 0.3 is 0 Å². The number of benzene rings is 2. The maximum atomic E-state index is 12.0. The molecule has 0 unspecified atom stereocenters. The third-order valence-corrected chi connectivity index (χ3v) is 4.50. The monoisotopic (exact) mass is 351 g/mol. The van der Waals surface area contributed by atoms with Crippen molar-refractivity contribution >= 4 is 17.7 Å². The molecule has 1 N–H and O–H groups in total. The average Bonchev–Trinajstić information content (AvgIpc) is 2.69. The highest BCUT2D eigenvalue weighted by Gasteiger charge is 2.16. The van der Waals surface area contributed by atoms with Crippen molar-refractivity contribution in [3.63, 3.8) is 0 Å². The first-order chi connectivity index (χ1) is 12.7. The average molecular weight is 351 g/mol. The minimum absolute atomic E-state index is 0.169. The number of para-hydroxylation sites is 1. The summed E-state index contributed by atoms with van der Waals surface area (Å²) in [6.07, 6.45) is 9.51. The minimum Gasteiger partial charge on any atom is -0.493 e. The van der Waals surface area contributed by atoms with Gasteiger partial charge in [0.05, 0.1) is 13.2 Å². The van der Waals surface area contributed by atoms with Crippen molar-refractivity contribution in [1.82, 2.24) is 0 Å². The quantitative estimate of drug-likeness (QED) is 0.740. The van der Waals surface area contributed by atoms with Crippen LogP contribution in [0.15, 0.2) is 54.6 Å². The van der Waals surface area contributed by atoms with E-state index in [2.05, 4.69) is 5.32 Å². The van der Waals surface area contributed by atoms with Gasteiger partial charge in [0, 0.05) is 11.8 Å². The Morgan fingerprint density at radius 2 is 1.81 bits per heavy atom. The Morgan fingerprint density at radius 3 is 2.54 bits per heavy atom. The molecule has 1 amide bonds. The number of hydrogen-bond acceptors (Lipinski definition) is 3. The Kier molecular flexibility index (Phi) is 6.31. The van der Waals surface area contributed by atoms with E-state index in [-0.39, 0.29) is 12.0 Å². The molecule has 26 heavy (non-hydrogen) atoms. The van der Waals surface area contributed by atoms with Gasteiger partial charge in [0.2, 0.25) is 5.91 Å². The fourth-order valence-corrected chi connectivity index (χ4v) is 3.13. The molecule has 1 saturated carbocycles. The second-order valence-electron chi connectivity index (χ2n) is 6.48. The number of carbonyl (C=O) groups excluding carboxylic acids is 1. The molecular formula is C22H25NO3. The van der Waals surface area contributed by atoms with E-state index in [1.165, 1.54) is 25.3 Å². The van der Waals surface area contributed by atoms with Crippen molar-refractivity contribution in [2.45, 2.75) is 38.2 Å². The molecule has 0 heterocycles. The van der Waals surface area contributed by atoms with Gasteiger partial charge in [-0.25, -0.2) is 0 Å². The van der Waals surface area contributed by atoms with Crippen molar-refractivity contribution in [2.24, 2.45) is 0 Å². The zero-order chi connectivity index (χ0) is 18.2. The lowest BCUT2D eigenvalue weighted by molar-refractivity contribution is -0.111. The molecule has 1 aliphatic rings.